The number of carbonyl (C=O) groups excluding carboxylic acids is 1. The van der Waals surface area contributed by atoms with Crippen molar-refractivity contribution in [2.24, 2.45) is 5.84 Å². The molecule has 0 saturated carbocycles. The summed E-state index contributed by atoms with van der Waals surface area (Å²) < 4.78 is 1.92. The maximum atomic E-state index is 11.3. The van der Waals surface area contributed by atoms with E-state index < -0.39 is 0 Å². The molecule has 1 aromatic rings. The maximum absolute atomic E-state index is 11.3. The van der Waals surface area contributed by atoms with Crippen LogP contribution in [0.4, 0.5) is 0 Å². The van der Waals surface area contributed by atoms with Crippen molar-refractivity contribution in [2.75, 3.05) is 0 Å². The largest absolute Gasteiger partial charge is 0.341 e. The second-order valence-corrected chi connectivity index (χ2v) is 3.03. The minimum Gasteiger partial charge on any atom is -0.341 e. The number of amides is 1. The van der Waals surface area contributed by atoms with Crippen LogP contribution in [-0.4, -0.2) is 10.5 Å². The fraction of sp³-hybridized carbons (Fsp3) is 0.444. The van der Waals surface area contributed by atoms with Crippen LogP contribution in [0.1, 0.15) is 36.8 Å². The SMILES string of the molecule is CC[C@@H](C)n1cccc1C(=O)NN. The molecule has 0 radical (unpaired) electrons. The van der Waals surface area contributed by atoms with Gasteiger partial charge in [0.2, 0.25) is 0 Å². The summed E-state index contributed by atoms with van der Waals surface area (Å²) in [6.07, 6.45) is 2.87. The van der Waals surface area contributed by atoms with Crippen molar-refractivity contribution in [3.8, 4) is 0 Å². The summed E-state index contributed by atoms with van der Waals surface area (Å²) in [5.74, 6) is 4.82. The molecule has 0 bridgehead atoms. The van der Waals surface area contributed by atoms with E-state index in [0.717, 1.165) is 6.42 Å². The van der Waals surface area contributed by atoms with Gasteiger partial charge < -0.3 is 4.57 Å². The lowest BCUT2D eigenvalue weighted by Crippen LogP contribution is -2.32. The Morgan fingerprint density at radius 2 is 2.46 bits per heavy atom. The van der Waals surface area contributed by atoms with Gasteiger partial charge in [-0.3, -0.25) is 10.2 Å². The second-order valence-electron chi connectivity index (χ2n) is 3.03. The Labute approximate surface area is 77.7 Å². The minimum absolute atomic E-state index is 0.245. The summed E-state index contributed by atoms with van der Waals surface area (Å²) >= 11 is 0. The molecule has 1 aromatic heterocycles. The van der Waals surface area contributed by atoms with E-state index in [0.29, 0.717) is 11.7 Å². The smallest absolute Gasteiger partial charge is 0.281 e. The zero-order valence-corrected chi connectivity index (χ0v) is 7.95. The van der Waals surface area contributed by atoms with Gasteiger partial charge in [0.05, 0.1) is 0 Å². The molecule has 1 amide bonds. The summed E-state index contributed by atoms with van der Waals surface area (Å²) in [4.78, 5) is 11.3. The third-order valence-corrected chi connectivity index (χ3v) is 2.21. The van der Waals surface area contributed by atoms with E-state index in [2.05, 4.69) is 19.3 Å². The number of nitrogens with one attached hydrogen (secondary N) is 1. The zero-order chi connectivity index (χ0) is 9.84. The molecule has 3 N–H and O–H groups in total. The Bertz CT molecular complexity index is 293. The molecule has 72 valence electrons. The molecule has 0 spiro atoms. The van der Waals surface area contributed by atoms with Crippen molar-refractivity contribution in [3.05, 3.63) is 24.0 Å². The van der Waals surface area contributed by atoms with E-state index in [4.69, 9.17) is 5.84 Å². The fourth-order valence-corrected chi connectivity index (χ4v) is 1.24. The van der Waals surface area contributed by atoms with Crippen molar-refractivity contribution in [1.82, 2.24) is 9.99 Å². The Morgan fingerprint density at radius 1 is 1.77 bits per heavy atom. The minimum atomic E-state index is -0.245. The lowest BCUT2D eigenvalue weighted by Gasteiger charge is -2.14. The first-order chi connectivity index (χ1) is 6.20. The molecule has 0 aliphatic carbocycles. The normalized spacial score (nSPS) is 12.5. The van der Waals surface area contributed by atoms with E-state index in [1.807, 2.05) is 16.8 Å². The third kappa shape index (κ3) is 1.89. The van der Waals surface area contributed by atoms with Gasteiger partial charge in [-0.25, -0.2) is 5.84 Å². The van der Waals surface area contributed by atoms with Gasteiger partial charge in [-0.2, -0.15) is 0 Å². The number of nitrogen functional groups attached to an aromatic ring is 1. The monoisotopic (exact) mass is 181 g/mol. The topological polar surface area (TPSA) is 60.0 Å². The van der Waals surface area contributed by atoms with Crippen molar-refractivity contribution in [2.45, 2.75) is 26.3 Å². The number of nitrogens with zero attached hydrogens (tertiary/aromatic N) is 1. The average molecular weight is 181 g/mol. The summed E-state index contributed by atoms with van der Waals surface area (Å²) in [7, 11) is 0. The van der Waals surface area contributed by atoms with Gasteiger partial charge in [0.25, 0.3) is 5.91 Å². The van der Waals surface area contributed by atoms with E-state index >= 15 is 0 Å². The van der Waals surface area contributed by atoms with Crippen molar-refractivity contribution >= 4 is 5.91 Å². The van der Waals surface area contributed by atoms with Crippen LogP contribution in [0.5, 0.6) is 0 Å². The number of carbonyl (C=O) groups is 1. The highest BCUT2D eigenvalue weighted by molar-refractivity contribution is 5.92. The number of hydrazine groups is 1. The van der Waals surface area contributed by atoms with Gasteiger partial charge >= 0.3 is 0 Å². The van der Waals surface area contributed by atoms with Crippen molar-refractivity contribution in [3.63, 3.8) is 0 Å². The first-order valence-corrected chi connectivity index (χ1v) is 4.38. The Hall–Kier alpha value is -1.29. The highest BCUT2D eigenvalue weighted by Crippen LogP contribution is 2.14. The van der Waals surface area contributed by atoms with Gasteiger partial charge in [0, 0.05) is 12.2 Å². The van der Waals surface area contributed by atoms with E-state index in [1.165, 1.54) is 0 Å². The van der Waals surface area contributed by atoms with Gasteiger partial charge in [-0.05, 0) is 25.5 Å². The van der Waals surface area contributed by atoms with Crippen LogP contribution in [0.25, 0.3) is 0 Å². The first kappa shape index (κ1) is 9.80. The molecular weight excluding hydrogens is 166 g/mol. The maximum Gasteiger partial charge on any atom is 0.281 e. The molecular formula is C9H15N3O. The molecule has 1 heterocycles. The first-order valence-electron chi connectivity index (χ1n) is 4.38. The average Bonchev–Trinajstić information content (AvgIpc) is 2.63. The van der Waals surface area contributed by atoms with Gasteiger partial charge in [-0.1, -0.05) is 6.92 Å². The molecule has 0 aliphatic heterocycles. The molecule has 0 aromatic carbocycles. The highest BCUT2D eigenvalue weighted by atomic mass is 16.2. The van der Waals surface area contributed by atoms with E-state index in [1.54, 1.807) is 6.07 Å². The molecule has 13 heavy (non-hydrogen) atoms. The van der Waals surface area contributed by atoms with Crippen LogP contribution in [0.2, 0.25) is 0 Å². The number of aromatic nitrogens is 1. The van der Waals surface area contributed by atoms with Crippen LogP contribution >= 0.6 is 0 Å². The standard InChI is InChI=1S/C9H15N3O/c1-3-7(2)12-6-4-5-8(12)9(13)11-10/h4-7H,3,10H2,1-2H3,(H,11,13)/t7-/m1/s1. The lowest BCUT2D eigenvalue weighted by atomic mass is 10.2. The summed E-state index contributed by atoms with van der Waals surface area (Å²) in [6, 6.07) is 3.92. The lowest BCUT2D eigenvalue weighted by molar-refractivity contribution is 0.0942. The number of nitrogens with two attached hydrogens (primary N) is 1. The third-order valence-electron chi connectivity index (χ3n) is 2.21. The summed E-state index contributed by atoms with van der Waals surface area (Å²) in [6.45, 7) is 4.14. The Morgan fingerprint density at radius 3 is 3.00 bits per heavy atom. The zero-order valence-electron chi connectivity index (χ0n) is 7.95. The predicted octanol–water partition coefficient (Wildman–Crippen LogP) is 1.06. The summed E-state index contributed by atoms with van der Waals surface area (Å²) in [5.41, 5.74) is 2.74. The van der Waals surface area contributed by atoms with Crippen LogP contribution in [0.15, 0.2) is 18.3 Å². The molecule has 0 saturated heterocycles. The molecule has 4 nitrogen and oxygen atoms in total. The van der Waals surface area contributed by atoms with Crippen LogP contribution in [0.3, 0.4) is 0 Å². The molecule has 0 fully saturated rings. The number of rotatable bonds is 3. The van der Waals surface area contributed by atoms with Gasteiger partial charge in [0.15, 0.2) is 0 Å². The van der Waals surface area contributed by atoms with Gasteiger partial charge in [-0.15, -0.1) is 0 Å². The predicted molar refractivity (Wildman–Crippen MR) is 51.1 cm³/mol. The van der Waals surface area contributed by atoms with Crippen LogP contribution < -0.4 is 11.3 Å². The highest BCUT2D eigenvalue weighted by Gasteiger charge is 2.11. The van der Waals surface area contributed by atoms with Gasteiger partial charge in [0.1, 0.15) is 5.69 Å². The summed E-state index contributed by atoms with van der Waals surface area (Å²) in [5, 5.41) is 0. The van der Waals surface area contributed by atoms with E-state index in [-0.39, 0.29) is 5.91 Å². The molecule has 4 heteroatoms. The Balaban J connectivity index is 2.95. The fourth-order valence-electron chi connectivity index (χ4n) is 1.24. The van der Waals surface area contributed by atoms with Crippen LogP contribution in [-0.2, 0) is 0 Å². The molecule has 0 unspecified atom stereocenters. The van der Waals surface area contributed by atoms with Crippen molar-refractivity contribution in [1.29, 1.82) is 0 Å². The van der Waals surface area contributed by atoms with Crippen molar-refractivity contribution < 1.29 is 4.79 Å². The number of hydrogen-bond acceptors (Lipinski definition) is 2. The number of hydrogen-bond donors (Lipinski definition) is 2. The van der Waals surface area contributed by atoms with Crippen LogP contribution in [0, 0.1) is 0 Å². The Kier molecular flexibility index (Phi) is 3.08. The molecule has 0 aliphatic rings. The quantitative estimate of drug-likeness (QED) is 0.416. The molecule has 1 atom stereocenters. The molecule has 1 rings (SSSR count). The second kappa shape index (κ2) is 4.09. The van der Waals surface area contributed by atoms with E-state index in [9.17, 15) is 4.79 Å².